The minimum absolute atomic E-state index is 0.0208. The maximum absolute atomic E-state index is 10.1. The number of primary amides is 1. The van der Waals surface area contributed by atoms with Gasteiger partial charge in [0.25, 0.3) is 5.91 Å². The summed E-state index contributed by atoms with van der Waals surface area (Å²) in [5.74, 6) is -0.584. The van der Waals surface area contributed by atoms with Crippen LogP contribution in [-0.4, -0.2) is 12.5 Å². The standard InChI is InChI=1S/C5H9NO2/c1-3-8-4(2)5(6)7/h2-3H2,1H3,(H2,6,7). The predicted molar refractivity (Wildman–Crippen MR) is 30.0 cm³/mol. The molecular weight excluding hydrogens is 106 g/mol. The second-order valence-corrected chi connectivity index (χ2v) is 1.22. The van der Waals surface area contributed by atoms with Crippen LogP contribution in [0.3, 0.4) is 0 Å². The minimum Gasteiger partial charge on any atom is -0.489 e. The van der Waals surface area contributed by atoms with E-state index in [0.717, 1.165) is 0 Å². The number of nitrogens with two attached hydrogens (primary N) is 1. The molecule has 0 bridgehead atoms. The van der Waals surface area contributed by atoms with Crippen LogP contribution in [0, 0.1) is 0 Å². The highest BCUT2D eigenvalue weighted by molar-refractivity contribution is 5.89. The molecule has 0 aliphatic heterocycles. The summed E-state index contributed by atoms with van der Waals surface area (Å²) in [6.45, 7) is 5.44. The van der Waals surface area contributed by atoms with Gasteiger partial charge in [-0.3, -0.25) is 4.79 Å². The summed E-state index contributed by atoms with van der Waals surface area (Å²) in [5.41, 5.74) is 4.76. The van der Waals surface area contributed by atoms with E-state index in [1.807, 2.05) is 0 Å². The van der Waals surface area contributed by atoms with Crippen molar-refractivity contribution in [2.75, 3.05) is 6.61 Å². The molecule has 0 saturated heterocycles. The van der Waals surface area contributed by atoms with E-state index in [2.05, 4.69) is 11.3 Å². The van der Waals surface area contributed by atoms with Crippen molar-refractivity contribution in [3.05, 3.63) is 12.3 Å². The van der Waals surface area contributed by atoms with Gasteiger partial charge in [-0.2, -0.15) is 0 Å². The number of rotatable bonds is 3. The van der Waals surface area contributed by atoms with Gasteiger partial charge in [0.2, 0.25) is 0 Å². The molecular formula is C5H9NO2. The average molecular weight is 115 g/mol. The van der Waals surface area contributed by atoms with E-state index in [1.165, 1.54) is 0 Å². The molecule has 0 aliphatic carbocycles. The van der Waals surface area contributed by atoms with Crippen LogP contribution in [-0.2, 0) is 9.53 Å². The Morgan fingerprint density at radius 3 is 2.50 bits per heavy atom. The minimum atomic E-state index is -0.605. The van der Waals surface area contributed by atoms with Crippen LogP contribution in [0.2, 0.25) is 0 Å². The second kappa shape index (κ2) is 3.07. The number of amides is 1. The van der Waals surface area contributed by atoms with E-state index in [9.17, 15) is 4.79 Å². The first kappa shape index (κ1) is 7.01. The molecule has 2 N–H and O–H groups in total. The van der Waals surface area contributed by atoms with E-state index in [-0.39, 0.29) is 5.76 Å². The first-order valence-electron chi connectivity index (χ1n) is 2.30. The normalized spacial score (nSPS) is 8.12. The van der Waals surface area contributed by atoms with E-state index in [1.54, 1.807) is 6.92 Å². The van der Waals surface area contributed by atoms with Crippen molar-refractivity contribution in [3.63, 3.8) is 0 Å². The number of hydrogen-bond acceptors (Lipinski definition) is 2. The first-order valence-corrected chi connectivity index (χ1v) is 2.30. The molecule has 0 rings (SSSR count). The Bertz CT molecular complexity index is 109. The smallest absolute Gasteiger partial charge is 0.283 e. The Kier molecular flexibility index (Phi) is 2.69. The summed E-state index contributed by atoms with van der Waals surface area (Å²) >= 11 is 0. The molecule has 0 aliphatic rings. The van der Waals surface area contributed by atoms with Crippen LogP contribution in [0.25, 0.3) is 0 Å². The third-order valence-electron chi connectivity index (χ3n) is 0.593. The number of carbonyl (C=O) groups excluding carboxylic acids is 1. The maximum Gasteiger partial charge on any atom is 0.283 e. The first-order chi connectivity index (χ1) is 3.68. The third-order valence-corrected chi connectivity index (χ3v) is 0.593. The molecule has 0 saturated carbocycles. The summed E-state index contributed by atoms with van der Waals surface area (Å²) in [6.07, 6.45) is 0. The molecule has 3 heteroatoms. The summed E-state index contributed by atoms with van der Waals surface area (Å²) in [4.78, 5) is 10.1. The highest BCUT2D eigenvalue weighted by Gasteiger charge is 1.97. The van der Waals surface area contributed by atoms with Crippen LogP contribution in [0.15, 0.2) is 12.3 Å². The number of ether oxygens (including phenoxy) is 1. The molecule has 46 valence electrons. The monoisotopic (exact) mass is 115 g/mol. The quantitative estimate of drug-likeness (QED) is 0.416. The summed E-state index contributed by atoms with van der Waals surface area (Å²) in [6, 6.07) is 0. The van der Waals surface area contributed by atoms with Crippen molar-refractivity contribution in [2.24, 2.45) is 5.73 Å². The highest BCUT2D eigenvalue weighted by atomic mass is 16.5. The van der Waals surface area contributed by atoms with Crippen LogP contribution >= 0.6 is 0 Å². The third kappa shape index (κ3) is 2.23. The Morgan fingerprint density at radius 2 is 2.38 bits per heavy atom. The fraction of sp³-hybridized carbons (Fsp3) is 0.400. The lowest BCUT2D eigenvalue weighted by molar-refractivity contribution is -0.117. The van der Waals surface area contributed by atoms with Gasteiger partial charge in [0.05, 0.1) is 6.61 Å². The lowest BCUT2D eigenvalue weighted by Crippen LogP contribution is -2.14. The van der Waals surface area contributed by atoms with Gasteiger partial charge in [0.1, 0.15) is 0 Å². The molecule has 0 spiro atoms. The summed E-state index contributed by atoms with van der Waals surface area (Å²) in [5, 5.41) is 0. The number of hydrogen-bond donors (Lipinski definition) is 1. The largest absolute Gasteiger partial charge is 0.489 e. The number of carbonyl (C=O) groups is 1. The van der Waals surface area contributed by atoms with Crippen molar-refractivity contribution < 1.29 is 9.53 Å². The van der Waals surface area contributed by atoms with Crippen LogP contribution in [0.1, 0.15) is 6.92 Å². The van der Waals surface area contributed by atoms with Crippen LogP contribution in [0.4, 0.5) is 0 Å². The maximum atomic E-state index is 10.1. The van der Waals surface area contributed by atoms with Crippen LogP contribution in [0.5, 0.6) is 0 Å². The Hall–Kier alpha value is -0.990. The van der Waals surface area contributed by atoms with Gasteiger partial charge in [0, 0.05) is 0 Å². The van der Waals surface area contributed by atoms with Crippen molar-refractivity contribution in [2.45, 2.75) is 6.92 Å². The van der Waals surface area contributed by atoms with Gasteiger partial charge in [-0.15, -0.1) is 0 Å². The molecule has 8 heavy (non-hydrogen) atoms. The van der Waals surface area contributed by atoms with E-state index >= 15 is 0 Å². The van der Waals surface area contributed by atoms with E-state index in [0.29, 0.717) is 6.61 Å². The van der Waals surface area contributed by atoms with Crippen molar-refractivity contribution in [3.8, 4) is 0 Å². The molecule has 0 heterocycles. The molecule has 0 aromatic heterocycles. The SMILES string of the molecule is C=C(OCC)C(N)=O. The fourth-order valence-electron chi connectivity index (χ4n) is 0.245. The molecule has 0 atom stereocenters. The summed E-state index contributed by atoms with van der Waals surface area (Å²) < 4.78 is 4.63. The van der Waals surface area contributed by atoms with Gasteiger partial charge in [0.15, 0.2) is 5.76 Å². The van der Waals surface area contributed by atoms with Crippen LogP contribution < -0.4 is 5.73 Å². The zero-order valence-electron chi connectivity index (χ0n) is 4.81. The molecule has 3 nitrogen and oxygen atoms in total. The fourth-order valence-corrected chi connectivity index (χ4v) is 0.245. The van der Waals surface area contributed by atoms with Crippen molar-refractivity contribution in [1.82, 2.24) is 0 Å². The Labute approximate surface area is 48.1 Å². The highest BCUT2D eigenvalue weighted by Crippen LogP contribution is 1.88. The zero-order chi connectivity index (χ0) is 6.57. The molecule has 0 fully saturated rings. The van der Waals surface area contributed by atoms with Gasteiger partial charge in [-0.05, 0) is 6.92 Å². The molecule has 0 unspecified atom stereocenters. The lowest BCUT2D eigenvalue weighted by Gasteiger charge is -1.98. The molecule has 1 amide bonds. The summed E-state index contributed by atoms with van der Waals surface area (Å²) in [7, 11) is 0. The predicted octanol–water partition coefficient (Wildman–Crippen LogP) is 0.0219. The molecule has 0 aromatic carbocycles. The topological polar surface area (TPSA) is 52.3 Å². The van der Waals surface area contributed by atoms with Gasteiger partial charge < -0.3 is 10.5 Å². The average Bonchev–Trinajstić information content (AvgIpc) is 1.67. The molecule has 0 radical (unpaired) electrons. The van der Waals surface area contributed by atoms with Crippen molar-refractivity contribution >= 4 is 5.91 Å². The van der Waals surface area contributed by atoms with E-state index < -0.39 is 5.91 Å². The lowest BCUT2D eigenvalue weighted by atomic mass is 10.5. The van der Waals surface area contributed by atoms with E-state index in [4.69, 9.17) is 5.73 Å². The Morgan fingerprint density at radius 1 is 1.88 bits per heavy atom. The van der Waals surface area contributed by atoms with Gasteiger partial charge in [-0.25, -0.2) is 0 Å². The van der Waals surface area contributed by atoms with Crippen molar-refractivity contribution in [1.29, 1.82) is 0 Å². The zero-order valence-corrected chi connectivity index (χ0v) is 4.81. The van der Waals surface area contributed by atoms with Gasteiger partial charge >= 0.3 is 0 Å². The van der Waals surface area contributed by atoms with Gasteiger partial charge in [-0.1, -0.05) is 6.58 Å². The Balaban J connectivity index is 3.49. The second-order valence-electron chi connectivity index (χ2n) is 1.22. The molecule has 0 aromatic rings.